The van der Waals surface area contributed by atoms with Gasteiger partial charge in [-0.15, -0.1) is 0 Å². The molecule has 0 aliphatic carbocycles. The molecule has 208 valence electrons. The van der Waals surface area contributed by atoms with Crippen LogP contribution >= 0.6 is 0 Å². The number of amides is 1. The number of hydrogen-bond donors (Lipinski definition) is 1. The fourth-order valence-electron chi connectivity index (χ4n) is 4.58. The van der Waals surface area contributed by atoms with Crippen molar-refractivity contribution in [2.75, 3.05) is 33.9 Å². The smallest absolute Gasteiger partial charge is 0.259 e. The lowest BCUT2D eigenvalue weighted by molar-refractivity contribution is 0.0373. The van der Waals surface area contributed by atoms with Crippen LogP contribution in [0.1, 0.15) is 29.8 Å². The molecule has 0 radical (unpaired) electrons. The van der Waals surface area contributed by atoms with Crippen LogP contribution in [0.15, 0.2) is 65.7 Å². The van der Waals surface area contributed by atoms with E-state index in [1.54, 1.807) is 42.3 Å². The molecule has 1 aromatic heterocycles. The van der Waals surface area contributed by atoms with Gasteiger partial charge >= 0.3 is 0 Å². The number of methoxy groups -OCH3 is 1. The SMILES string of the molecule is COc1ccccc1S(=O)(=O)N(C)C[C@@H]1Oc2ncc(-c3ccc(C)cc3)cc2C(=O)N([C@H](C)CO)C[C@H]1C. The Morgan fingerprint density at radius 1 is 1.18 bits per heavy atom. The Bertz CT molecular complexity index is 1430. The number of pyridine rings is 1. The summed E-state index contributed by atoms with van der Waals surface area (Å²) in [6.07, 6.45) is 1.02. The van der Waals surface area contributed by atoms with Gasteiger partial charge in [0.05, 0.1) is 26.3 Å². The fraction of sp³-hybridized carbons (Fsp3) is 0.379. The van der Waals surface area contributed by atoms with Crippen LogP contribution < -0.4 is 9.47 Å². The van der Waals surface area contributed by atoms with Gasteiger partial charge < -0.3 is 19.5 Å². The van der Waals surface area contributed by atoms with Crippen LogP contribution in [0.5, 0.6) is 11.6 Å². The Balaban J connectivity index is 1.71. The number of para-hydroxylation sites is 1. The topological polar surface area (TPSA) is 109 Å². The quantitative estimate of drug-likeness (QED) is 0.454. The summed E-state index contributed by atoms with van der Waals surface area (Å²) in [6, 6.07) is 15.6. The van der Waals surface area contributed by atoms with Crippen molar-refractivity contribution in [3.63, 3.8) is 0 Å². The maximum atomic E-state index is 13.7. The second-order valence-electron chi connectivity index (χ2n) is 10.0. The Morgan fingerprint density at radius 3 is 2.54 bits per heavy atom. The highest BCUT2D eigenvalue weighted by Crippen LogP contribution is 2.32. The molecule has 9 nitrogen and oxygen atoms in total. The zero-order valence-corrected chi connectivity index (χ0v) is 23.7. The van der Waals surface area contributed by atoms with Gasteiger partial charge in [-0.25, -0.2) is 13.4 Å². The minimum absolute atomic E-state index is 0.0118. The molecule has 1 aliphatic heterocycles. The number of hydrogen-bond acceptors (Lipinski definition) is 7. The predicted octanol–water partition coefficient (Wildman–Crippen LogP) is 3.61. The Hall–Kier alpha value is -3.47. The number of nitrogens with zero attached hydrogens (tertiary/aromatic N) is 3. The van der Waals surface area contributed by atoms with Crippen molar-refractivity contribution in [2.45, 2.75) is 37.8 Å². The molecule has 4 rings (SSSR count). The van der Waals surface area contributed by atoms with Crippen LogP contribution in [-0.2, 0) is 10.0 Å². The van der Waals surface area contributed by atoms with Crippen molar-refractivity contribution in [2.24, 2.45) is 5.92 Å². The predicted molar refractivity (Wildman–Crippen MR) is 148 cm³/mol. The fourth-order valence-corrected chi connectivity index (χ4v) is 5.91. The van der Waals surface area contributed by atoms with Crippen LogP contribution in [0.3, 0.4) is 0 Å². The summed E-state index contributed by atoms with van der Waals surface area (Å²) in [5, 5.41) is 9.91. The third-order valence-electron chi connectivity index (χ3n) is 7.10. The first-order valence-electron chi connectivity index (χ1n) is 12.8. The van der Waals surface area contributed by atoms with Crippen molar-refractivity contribution in [1.82, 2.24) is 14.2 Å². The first-order valence-corrected chi connectivity index (χ1v) is 14.3. The number of benzene rings is 2. The van der Waals surface area contributed by atoms with Crippen LogP contribution in [0.4, 0.5) is 0 Å². The molecular formula is C29H35N3O6S. The summed E-state index contributed by atoms with van der Waals surface area (Å²) in [4.78, 5) is 19.9. The van der Waals surface area contributed by atoms with Crippen molar-refractivity contribution in [1.29, 1.82) is 0 Å². The van der Waals surface area contributed by atoms with Gasteiger partial charge in [0.15, 0.2) is 0 Å². The molecule has 1 N–H and O–H groups in total. The Labute approximate surface area is 230 Å². The van der Waals surface area contributed by atoms with Gasteiger partial charge in [0.2, 0.25) is 15.9 Å². The average Bonchev–Trinajstić information content (AvgIpc) is 2.94. The van der Waals surface area contributed by atoms with E-state index in [-0.39, 0.29) is 53.6 Å². The lowest BCUT2D eigenvalue weighted by Gasteiger charge is -2.37. The number of aliphatic hydroxyl groups excluding tert-OH is 1. The summed E-state index contributed by atoms with van der Waals surface area (Å²) >= 11 is 0. The monoisotopic (exact) mass is 553 g/mol. The number of carbonyl (C=O) groups is 1. The van der Waals surface area contributed by atoms with E-state index in [1.807, 2.05) is 38.1 Å². The van der Waals surface area contributed by atoms with Crippen molar-refractivity contribution in [3.05, 3.63) is 71.9 Å². The first kappa shape index (κ1) is 28.5. The standard InChI is InChI=1S/C29H35N3O6S/c1-19-10-12-22(13-11-19)23-14-24-28(30-15-23)38-26(20(2)16-32(29(24)34)21(3)18-33)17-31(4)39(35,36)27-9-7-6-8-25(27)37-5/h6-15,20-21,26,33H,16-18H2,1-5H3/t20-,21-,26+/m1/s1. The lowest BCUT2D eigenvalue weighted by Crippen LogP contribution is -2.50. The largest absolute Gasteiger partial charge is 0.495 e. The molecule has 0 spiro atoms. The Kier molecular flexibility index (Phi) is 8.58. The van der Waals surface area contributed by atoms with Gasteiger partial charge in [-0.2, -0.15) is 4.31 Å². The summed E-state index contributed by atoms with van der Waals surface area (Å²) in [5.41, 5.74) is 3.04. The number of fused-ring (bicyclic) bond motifs is 1. The summed E-state index contributed by atoms with van der Waals surface area (Å²) in [5.74, 6) is -0.191. The zero-order chi connectivity index (χ0) is 28.3. The zero-order valence-electron chi connectivity index (χ0n) is 22.9. The highest BCUT2D eigenvalue weighted by atomic mass is 32.2. The number of likely N-dealkylation sites (N-methyl/N-ethyl adjacent to an activating group) is 1. The molecule has 2 aromatic carbocycles. The lowest BCUT2D eigenvalue weighted by atomic mass is 9.99. The number of aryl methyl sites for hydroxylation is 1. The Morgan fingerprint density at radius 2 is 1.87 bits per heavy atom. The first-order chi connectivity index (χ1) is 18.6. The van der Waals surface area contributed by atoms with Crippen molar-refractivity contribution in [3.8, 4) is 22.8 Å². The third kappa shape index (κ3) is 5.93. The van der Waals surface area contributed by atoms with Crippen LogP contribution in [0.2, 0.25) is 0 Å². The van der Waals surface area contributed by atoms with Gasteiger partial charge in [-0.1, -0.05) is 48.9 Å². The molecule has 0 bridgehead atoms. The van der Waals surface area contributed by atoms with Gasteiger partial charge in [-0.3, -0.25) is 4.79 Å². The van der Waals surface area contributed by atoms with E-state index in [2.05, 4.69) is 4.98 Å². The number of rotatable bonds is 8. The summed E-state index contributed by atoms with van der Waals surface area (Å²) in [6.45, 7) is 5.73. The molecule has 39 heavy (non-hydrogen) atoms. The molecule has 0 saturated heterocycles. The average molecular weight is 554 g/mol. The van der Waals surface area contributed by atoms with Gasteiger partial charge in [-0.05, 0) is 37.6 Å². The van der Waals surface area contributed by atoms with E-state index in [1.165, 1.54) is 24.5 Å². The number of carbonyl (C=O) groups excluding carboxylic acids is 1. The molecule has 10 heteroatoms. The maximum absolute atomic E-state index is 13.7. The van der Waals surface area contributed by atoms with E-state index in [9.17, 15) is 18.3 Å². The van der Waals surface area contributed by atoms with E-state index in [4.69, 9.17) is 9.47 Å². The van der Waals surface area contributed by atoms with Crippen molar-refractivity contribution < 1.29 is 27.8 Å². The second-order valence-corrected chi connectivity index (χ2v) is 12.0. The highest BCUT2D eigenvalue weighted by Gasteiger charge is 2.36. The van der Waals surface area contributed by atoms with Gasteiger partial charge in [0.25, 0.3) is 5.91 Å². The molecule has 1 amide bonds. The second kappa shape index (κ2) is 11.7. The molecule has 2 heterocycles. The van der Waals surface area contributed by atoms with Crippen LogP contribution in [0.25, 0.3) is 11.1 Å². The number of sulfonamides is 1. The summed E-state index contributed by atoms with van der Waals surface area (Å²) < 4.78 is 39.7. The van der Waals surface area contributed by atoms with Gasteiger partial charge in [0.1, 0.15) is 22.3 Å². The van der Waals surface area contributed by atoms with Crippen molar-refractivity contribution >= 4 is 15.9 Å². The van der Waals surface area contributed by atoms with E-state index in [0.29, 0.717) is 0 Å². The maximum Gasteiger partial charge on any atom is 0.259 e. The van der Waals surface area contributed by atoms with Crippen LogP contribution in [0, 0.1) is 12.8 Å². The highest BCUT2D eigenvalue weighted by molar-refractivity contribution is 7.89. The molecule has 1 aliphatic rings. The molecule has 0 unspecified atom stereocenters. The van der Waals surface area contributed by atoms with E-state index < -0.39 is 22.2 Å². The normalized spacial score (nSPS) is 18.6. The molecular weight excluding hydrogens is 518 g/mol. The van der Waals surface area contributed by atoms with E-state index >= 15 is 0 Å². The molecule has 3 aromatic rings. The molecule has 0 fully saturated rings. The number of ether oxygens (including phenoxy) is 2. The van der Waals surface area contributed by atoms with Gasteiger partial charge in [0, 0.05) is 31.3 Å². The van der Waals surface area contributed by atoms with Crippen LogP contribution in [-0.4, -0.2) is 79.6 Å². The molecule has 3 atom stereocenters. The minimum Gasteiger partial charge on any atom is -0.495 e. The number of aromatic nitrogens is 1. The third-order valence-corrected chi connectivity index (χ3v) is 8.96. The van der Waals surface area contributed by atoms with E-state index in [0.717, 1.165) is 16.7 Å². The minimum atomic E-state index is -3.91. The summed E-state index contributed by atoms with van der Waals surface area (Å²) in [7, 11) is -0.990. The molecule has 0 saturated carbocycles. The number of aliphatic hydroxyl groups is 1.